The summed E-state index contributed by atoms with van der Waals surface area (Å²) >= 11 is 0. The molecule has 2 rings (SSSR count). The van der Waals surface area contributed by atoms with Gasteiger partial charge < -0.3 is 15.4 Å². The summed E-state index contributed by atoms with van der Waals surface area (Å²) in [7, 11) is 0. The Balaban J connectivity index is 2.31. The molecule has 0 aromatic heterocycles. The first-order valence-electron chi connectivity index (χ1n) is 5.94. The largest absolute Gasteiger partial charge is 0.396 e. The highest BCUT2D eigenvalue weighted by Crippen LogP contribution is 2.28. The minimum atomic E-state index is -0.311. The molecule has 3 nitrogen and oxygen atoms in total. The van der Waals surface area contributed by atoms with Crippen LogP contribution in [0, 0.1) is 12.7 Å². The number of anilines is 2. The number of ether oxygens (including phenoxy) is 1. The van der Waals surface area contributed by atoms with E-state index in [1.807, 2.05) is 19.9 Å². The molecule has 1 fully saturated rings. The van der Waals surface area contributed by atoms with Crippen LogP contribution in [0.1, 0.15) is 19.4 Å². The highest BCUT2D eigenvalue weighted by atomic mass is 19.1. The Morgan fingerprint density at radius 3 is 2.47 bits per heavy atom. The third-order valence-corrected chi connectivity index (χ3v) is 3.15. The molecule has 2 N–H and O–H groups in total. The smallest absolute Gasteiger partial charge is 0.151 e. The zero-order chi connectivity index (χ0) is 12.6. The monoisotopic (exact) mass is 238 g/mol. The van der Waals surface area contributed by atoms with Crippen LogP contribution in [0.4, 0.5) is 15.8 Å². The quantitative estimate of drug-likeness (QED) is 0.763. The van der Waals surface area contributed by atoms with Crippen molar-refractivity contribution in [3.8, 4) is 0 Å². The summed E-state index contributed by atoms with van der Waals surface area (Å²) in [5, 5.41) is 0. The molecule has 2 unspecified atom stereocenters. The molecule has 0 bridgehead atoms. The van der Waals surface area contributed by atoms with Gasteiger partial charge in [-0.05, 0) is 32.9 Å². The molecule has 1 aliphatic rings. The number of nitrogens with two attached hydrogens (primary N) is 1. The summed E-state index contributed by atoms with van der Waals surface area (Å²) in [6.07, 6.45) is 0.331. The number of nitrogen functional groups attached to an aromatic ring is 1. The van der Waals surface area contributed by atoms with Gasteiger partial charge in [0.2, 0.25) is 0 Å². The molecule has 1 aliphatic heterocycles. The van der Waals surface area contributed by atoms with E-state index in [0.717, 1.165) is 18.8 Å². The van der Waals surface area contributed by atoms with Crippen LogP contribution in [0.25, 0.3) is 0 Å². The minimum absolute atomic E-state index is 0.166. The van der Waals surface area contributed by atoms with Gasteiger partial charge in [0.1, 0.15) is 0 Å². The van der Waals surface area contributed by atoms with Gasteiger partial charge in [0.25, 0.3) is 0 Å². The second-order valence-electron chi connectivity index (χ2n) is 4.78. The minimum Gasteiger partial charge on any atom is -0.396 e. The molecule has 0 amide bonds. The van der Waals surface area contributed by atoms with Crippen molar-refractivity contribution in [1.82, 2.24) is 0 Å². The number of morpholine rings is 1. The van der Waals surface area contributed by atoms with Crippen molar-refractivity contribution < 1.29 is 9.13 Å². The Morgan fingerprint density at radius 2 is 1.88 bits per heavy atom. The fourth-order valence-corrected chi connectivity index (χ4v) is 2.41. The molecule has 0 radical (unpaired) electrons. The number of benzene rings is 1. The van der Waals surface area contributed by atoms with E-state index in [-0.39, 0.29) is 23.7 Å². The van der Waals surface area contributed by atoms with E-state index in [0.29, 0.717) is 5.56 Å². The van der Waals surface area contributed by atoms with Gasteiger partial charge in [0.05, 0.1) is 17.9 Å². The lowest BCUT2D eigenvalue weighted by Crippen LogP contribution is -2.45. The molecule has 4 heteroatoms. The normalized spacial score (nSPS) is 25.1. The average Bonchev–Trinajstić information content (AvgIpc) is 2.24. The van der Waals surface area contributed by atoms with E-state index in [2.05, 4.69) is 4.90 Å². The topological polar surface area (TPSA) is 38.5 Å². The maximum Gasteiger partial charge on any atom is 0.151 e. The lowest BCUT2D eigenvalue weighted by molar-refractivity contribution is -0.00526. The lowest BCUT2D eigenvalue weighted by Gasteiger charge is -2.37. The van der Waals surface area contributed by atoms with Crippen molar-refractivity contribution in [3.05, 3.63) is 23.5 Å². The second-order valence-corrected chi connectivity index (χ2v) is 4.78. The predicted octanol–water partition coefficient (Wildman–Crippen LogP) is 2.33. The standard InChI is InChI=1S/C13H19FN2O/c1-8-6-16(7-9(2)17-8)12-5-4-11(15)13(14)10(12)3/h4-5,8-9H,6-7,15H2,1-3H3. The molecule has 0 aliphatic carbocycles. The first kappa shape index (κ1) is 12.2. The van der Waals surface area contributed by atoms with Crippen molar-refractivity contribution in [2.75, 3.05) is 23.7 Å². The molecular formula is C13H19FN2O. The van der Waals surface area contributed by atoms with Crippen LogP contribution in [0.2, 0.25) is 0 Å². The summed E-state index contributed by atoms with van der Waals surface area (Å²) in [5.74, 6) is -0.311. The summed E-state index contributed by atoms with van der Waals surface area (Å²) in [4.78, 5) is 2.16. The van der Waals surface area contributed by atoms with Crippen LogP contribution in [0.3, 0.4) is 0 Å². The first-order chi connectivity index (χ1) is 7.99. The Kier molecular flexibility index (Phi) is 3.24. The Morgan fingerprint density at radius 1 is 1.29 bits per heavy atom. The van der Waals surface area contributed by atoms with Crippen molar-refractivity contribution in [3.63, 3.8) is 0 Å². The summed E-state index contributed by atoms with van der Waals surface area (Å²) in [5.41, 5.74) is 7.30. The first-order valence-corrected chi connectivity index (χ1v) is 5.94. The van der Waals surface area contributed by atoms with Gasteiger partial charge in [-0.1, -0.05) is 0 Å². The van der Waals surface area contributed by atoms with E-state index >= 15 is 0 Å². The van der Waals surface area contributed by atoms with Crippen molar-refractivity contribution in [2.24, 2.45) is 0 Å². The maximum absolute atomic E-state index is 13.8. The van der Waals surface area contributed by atoms with Crippen molar-refractivity contribution >= 4 is 11.4 Å². The van der Waals surface area contributed by atoms with Gasteiger partial charge in [0.15, 0.2) is 5.82 Å². The molecule has 1 saturated heterocycles. The average molecular weight is 238 g/mol. The molecule has 2 atom stereocenters. The Bertz CT molecular complexity index is 412. The van der Waals surface area contributed by atoms with Gasteiger partial charge in [-0.25, -0.2) is 4.39 Å². The molecule has 94 valence electrons. The SMILES string of the molecule is Cc1c(N2CC(C)OC(C)C2)ccc(N)c1F. The second kappa shape index (κ2) is 4.53. The van der Waals surface area contributed by atoms with Crippen molar-refractivity contribution in [1.29, 1.82) is 0 Å². The Hall–Kier alpha value is -1.29. The van der Waals surface area contributed by atoms with Crippen molar-refractivity contribution in [2.45, 2.75) is 33.0 Å². The third kappa shape index (κ3) is 2.36. The van der Waals surface area contributed by atoms with Gasteiger partial charge in [-0.3, -0.25) is 0 Å². The van der Waals surface area contributed by atoms with E-state index in [1.165, 1.54) is 0 Å². The molecule has 0 saturated carbocycles. The van der Waals surface area contributed by atoms with E-state index < -0.39 is 0 Å². The molecule has 1 aromatic rings. The van der Waals surface area contributed by atoms with Gasteiger partial charge in [-0.15, -0.1) is 0 Å². The number of nitrogens with zero attached hydrogens (tertiary/aromatic N) is 1. The van der Waals surface area contributed by atoms with Crippen LogP contribution in [0.5, 0.6) is 0 Å². The number of hydrogen-bond donors (Lipinski definition) is 1. The van der Waals surface area contributed by atoms with Gasteiger partial charge in [-0.2, -0.15) is 0 Å². The predicted molar refractivity (Wildman–Crippen MR) is 67.8 cm³/mol. The number of rotatable bonds is 1. The van der Waals surface area contributed by atoms with E-state index in [4.69, 9.17) is 10.5 Å². The zero-order valence-corrected chi connectivity index (χ0v) is 10.5. The van der Waals surface area contributed by atoms with Crippen LogP contribution < -0.4 is 10.6 Å². The van der Waals surface area contributed by atoms with Crippen LogP contribution in [-0.2, 0) is 4.74 Å². The maximum atomic E-state index is 13.8. The molecule has 1 aromatic carbocycles. The van der Waals surface area contributed by atoms with Crippen LogP contribution in [0.15, 0.2) is 12.1 Å². The summed E-state index contributed by atoms with van der Waals surface area (Å²) < 4.78 is 19.4. The lowest BCUT2D eigenvalue weighted by atomic mass is 10.1. The van der Waals surface area contributed by atoms with Gasteiger partial charge in [0, 0.05) is 24.3 Å². The zero-order valence-electron chi connectivity index (χ0n) is 10.5. The molecule has 0 spiro atoms. The van der Waals surface area contributed by atoms with Crippen LogP contribution >= 0.6 is 0 Å². The summed E-state index contributed by atoms with van der Waals surface area (Å²) in [6, 6.07) is 3.51. The molecule has 1 heterocycles. The van der Waals surface area contributed by atoms with E-state index in [1.54, 1.807) is 13.0 Å². The number of halogens is 1. The number of hydrogen-bond acceptors (Lipinski definition) is 3. The highest BCUT2D eigenvalue weighted by Gasteiger charge is 2.24. The fraction of sp³-hybridized carbons (Fsp3) is 0.538. The summed E-state index contributed by atoms with van der Waals surface area (Å²) in [6.45, 7) is 7.41. The molecule has 17 heavy (non-hydrogen) atoms. The molecular weight excluding hydrogens is 219 g/mol. The third-order valence-electron chi connectivity index (χ3n) is 3.15. The van der Waals surface area contributed by atoms with E-state index in [9.17, 15) is 4.39 Å². The van der Waals surface area contributed by atoms with Crippen LogP contribution in [-0.4, -0.2) is 25.3 Å². The Labute approximate surface area is 101 Å². The van der Waals surface area contributed by atoms with Gasteiger partial charge >= 0.3 is 0 Å². The fourth-order valence-electron chi connectivity index (χ4n) is 2.41. The highest BCUT2D eigenvalue weighted by molar-refractivity contribution is 5.60.